The Labute approximate surface area is 189 Å². The van der Waals surface area contributed by atoms with Gasteiger partial charge in [0.1, 0.15) is 22.8 Å². The van der Waals surface area contributed by atoms with Gasteiger partial charge in [0, 0.05) is 35.8 Å². The molecule has 0 fully saturated rings. The summed E-state index contributed by atoms with van der Waals surface area (Å²) in [6, 6.07) is 8.28. The Bertz CT molecular complexity index is 1380. The first-order chi connectivity index (χ1) is 16.0. The molecular weight excluding hydrogens is 425 g/mol. The van der Waals surface area contributed by atoms with Gasteiger partial charge in [-0.25, -0.2) is 9.37 Å². The number of methoxy groups -OCH3 is 1. The molecule has 0 saturated heterocycles. The van der Waals surface area contributed by atoms with Crippen LogP contribution in [0.25, 0.3) is 33.4 Å². The summed E-state index contributed by atoms with van der Waals surface area (Å²) in [6.07, 6.45) is 3.35. The molecule has 1 aliphatic heterocycles. The third-order valence-electron chi connectivity index (χ3n) is 5.85. The number of likely N-dealkylation sites (N-methyl/N-ethyl adjacent to an activating group) is 1. The predicted octanol–water partition coefficient (Wildman–Crippen LogP) is 4.07. The van der Waals surface area contributed by atoms with Gasteiger partial charge in [-0.2, -0.15) is 5.10 Å². The molecule has 3 heterocycles. The molecule has 2 aromatic carbocycles. The number of nitrogens with zero attached hydrogens (tertiary/aromatic N) is 5. The monoisotopic (exact) mass is 447 g/mol. The van der Waals surface area contributed by atoms with Crippen molar-refractivity contribution < 1.29 is 18.7 Å². The van der Waals surface area contributed by atoms with Gasteiger partial charge in [-0.3, -0.25) is 4.79 Å². The minimum absolute atomic E-state index is 0.0596. The van der Waals surface area contributed by atoms with Crippen molar-refractivity contribution in [2.75, 3.05) is 25.2 Å². The van der Waals surface area contributed by atoms with E-state index in [0.717, 1.165) is 11.1 Å². The van der Waals surface area contributed by atoms with E-state index in [1.807, 2.05) is 18.4 Å². The summed E-state index contributed by atoms with van der Waals surface area (Å²) < 4.78 is 28.2. The minimum atomic E-state index is -0.409. The van der Waals surface area contributed by atoms with Crippen LogP contribution in [0.2, 0.25) is 0 Å². The van der Waals surface area contributed by atoms with Crippen molar-refractivity contribution in [1.82, 2.24) is 19.7 Å². The summed E-state index contributed by atoms with van der Waals surface area (Å²) >= 11 is 0. The number of carbonyl (C=O) groups excluding carboxylic acids is 1. The number of aromatic nitrogens is 4. The maximum Gasteiger partial charge on any atom is 0.265 e. The molecule has 0 atom stereocenters. The van der Waals surface area contributed by atoms with E-state index in [2.05, 4.69) is 15.2 Å². The maximum absolute atomic E-state index is 15.1. The highest BCUT2D eigenvalue weighted by Gasteiger charge is 2.27. The van der Waals surface area contributed by atoms with E-state index in [4.69, 9.17) is 9.47 Å². The van der Waals surface area contributed by atoms with E-state index in [9.17, 15) is 4.79 Å². The highest BCUT2D eigenvalue weighted by atomic mass is 19.1. The van der Waals surface area contributed by atoms with Crippen LogP contribution in [0.1, 0.15) is 13.8 Å². The van der Waals surface area contributed by atoms with Crippen LogP contribution in [-0.4, -0.2) is 45.9 Å². The Morgan fingerprint density at radius 1 is 1.12 bits per heavy atom. The molecule has 0 radical (unpaired) electrons. The lowest BCUT2D eigenvalue weighted by atomic mass is 9.97. The normalized spacial score (nSPS) is 13.2. The number of halogens is 1. The van der Waals surface area contributed by atoms with Crippen LogP contribution >= 0.6 is 0 Å². The lowest BCUT2D eigenvalue weighted by Crippen LogP contribution is -2.38. The topological polar surface area (TPSA) is 82.4 Å². The second-order valence-corrected chi connectivity index (χ2v) is 7.60. The maximum atomic E-state index is 15.1. The summed E-state index contributed by atoms with van der Waals surface area (Å²) in [4.78, 5) is 18.3. The Morgan fingerprint density at radius 3 is 2.73 bits per heavy atom. The number of imidazole rings is 1. The molecule has 1 aliphatic rings. The second-order valence-electron chi connectivity index (χ2n) is 7.60. The number of hydrogen-bond donors (Lipinski definition) is 0. The molecule has 168 valence electrons. The van der Waals surface area contributed by atoms with Crippen molar-refractivity contribution in [2.45, 2.75) is 20.4 Å². The first kappa shape index (κ1) is 20.9. The molecular formula is C24H22FN5O3. The number of fused-ring (bicyclic) bond motifs is 2. The molecule has 0 aliphatic carbocycles. The van der Waals surface area contributed by atoms with Crippen LogP contribution in [-0.2, 0) is 11.3 Å². The zero-order valence-electron chi connectivity index (χ0n) is 18.5. The Kier molecular flexibility index (Phi) is 5.16. The molecule has 0 N–H and O–H groups in total. The summed E-state index contributed by atoms with van der Waals surface area (Å²) in [5.41, 5.74) is 4.35. The molecule has 4 aromatic rings. The van der Waals surface area contributed by atoms with Crippen molar-refractivity contribution >= 4 is 22.8 Å². The van der Waals surface area contributed by atoms with Crippen LogP contribution in [0.5, 0.6) is 11.5 Å². The van der Waals surface area contributed by atoms with E-state index >= 15 is 4.39 Å². The van der Waals surface area contributed by atoms with Crippen LogP contribution in [0, 0.1) is 5.82 Å². The SMILES string of the molecule is CCN1C(=O)COc2cc(-c3cc(-c4cnnc5c4ncn5CC)ccc3F)c(OC)cc21. The number of hydrogen-bond acceptors (Lipinski definition) is 6. The molecule has 0 spiro atoms. The average molecular weight is 447 g/mol. The number of aryl methyl sites for hydroxylation is 1. The average Bonchev–Trinajstić information content (AvgIpc) is 3.27. The first-order valence-electron chi connectivity index (χ1n) is 10.7. The molecule has 0 bridgehead atoms. The van der Waals surface area contributed by atoms with E-state index < -0.39 is 5.82 Å². The molecule has 33 heavy (non-hydrogen) atoms. The summed E-state index contributed by atoms with van der Waals surface area (Å²) in [6.45, 7) is 5.04. The van der Waals surface area contributed by atoms with Gasteiger partial charge in [0.25, 0.3) is 5.91 Å². The number of rotatable bonds is 5. The van der Waals surface area contributed by atoms with Crippen LogP contribution in [0.3, 0.4) is 0 Å². The van der Waals surface area contributed by atoms with Gasteiger partial charge in [-0.1, -0.05) is 6.07 Å². The zero-order valence-corrected chi connectivity index (χ0v) is 18.5. The van der Waals surface area contributed by atoms with E-state index in [1.54, 1.807) is 41.7 Å². The molecule has 2 aromatic heterocycles. The van der Waals surface area contributed by atoms with Gasteiger partial charge in [0.05, 0.1) is 25.3 Å². The lowest BCUT2D eigenvalue weighted by molar-refractivity contribution is -0.121. The van der Waals surface area contributed by atoms with E-state index in [1.165, 1.54) is 13.2 Å². The van der Waals surface area contributed by atoms with Gasteiger partial charge in [0.15, 0.2) is 12.3 Å². The smallest absolute Gasteiger partial charge is 0.265 e. The third kappa shape index (κ3) is 3.36. The fourth-order valence-electron chi connectivity index (χ4n) is 4.17. The molecule has 1 amide bonds. The van der Waals surface area contributed by atoms with Crippen molar-refractivity contribution in [3.8, 4) is 33.8 Å². The van der Waals surface area contributed by atoms with Crippen LogP contribution in [0.4, 0.5) is 10.1 Å². The Hall–Kier alpha value is -4.01. The summed E-state index contributed by atoms with van der Waals surface area (Å²) in [7, 11) is 1.52. The number of anilines is 1. The third-order valence-corrected chi connectivity index (χ3v) is 5.85. The molecule has 5 rings (SSSR count). The Balaban J connectivity index is 1.67. The van der Waals surface area contributed by atoms with Gasteiger partial charge in [-0.05, 0) is 37.6 Å². The fraction of sp³-hybridized carbons (Fsp3) is 0.250. The van der Waals surface area contributed by atoms with E-state index in [-0.39, 0.29) is 12.5 Å². The highest BCUT2D eigenvalue weighted by Crippen LogP contribution is 2.43. The molecule has 8 nitrogen and oxygen atoms in total. The van der Waals surface area contributed by atoms with Gasteiger partial charge >= 0.3 is 0 Å². The largest absolute Gasteiger partial charge is 0.496 e. The van der Waals surface area contributed by atoms with Gasteiger partial charge in [0.2, 0.25) is 0 Å². The fourth-order valence-corrected chi connectivity index (χ4v) is 4.17. The Morgan fingerprint density at radius 2 is 1.97 bits per heavy atom. The van der Waals surface area contributed by atoms with Crippen molar-refractivity contribution in [1.29, 1.82) is 0 Å². The minimum Gasteiger partial charge on any atom is -0.496 e. The lowest BCUT2D eigenvalue weighted by Gasteiger charge is -2.29. The summed E-state index contributed by atoms with van der Waals surface area (Å²) in [5.74, 6) is 0.406. The van der Waals surface area contributed by atoms with Crippen molar-refractivity contribution in [2.24, 2.45) is 0 Å². The van der Waals surface area contributed by atoms with Crippen LogP contribution in [0.15, 0.2) is 42.9 Å². The quantitative estimate of drug-likeness (QED) is 0.459. The number of amides is 1. The van der Waals surface area contributed by atoms with E-state index in [0.29, 0.717) is 52.6 Å². The number of ether oxygens (including phenoxy) is 2. The van der Waals surface area contributed by atoms with Gasteiger partial charge < -0.3 is 18.9 Å². The standard InChI is InChI=1S/C24H22FN5O3/c1-4-29-13-26-23-17(11-27-28-24(23)29)14-6-7-18(25)15(8-14)16-9-21-19(10-20(16)32-3)30(5-2)22(31)12-33-21/h6-11,13H,4-5,12H2,1-3H3. The van der Waals surface area contributed by atoms with Crippen LogP contribution < -0.4 is 14.4 Å². The highest BCUT2D eigenvalue weighted by molar-refractivity contribution is 5.99. The van der Waals surface area contributed by atoms with Crippen molar-refractivity contribution in [3.63, 3.8) is 0 Å². The second kappa shape index (κ2) is 8.16. The molecule has 9 heteroatoms. The molecule has 0 saturated carbocycles. The van der Waals surface area contributed by atoms with Gasteiger partial charge in [-0.15, -0.1) is 5.10 Å². The zero-order chi connectivity index (χ0) is 23.1. The molecule has 0 unspecified atom stereocenters. The number of carbonyl (C=O) groups is 1. The van der Waals surface area contributed by atoms with Crippen molar-refractivity contribution in [3.05, 3.63) is 48.7 Å². The number of benzene rings is 2. The predicted molar refractivity (Wildman–Crippen MR) is 122 cm³/mol. The first-order valence-corrected chi connectivity index (χ1v) is 10.7. The summed E-state index contributed by atoms with van der Waals surface area (Å²) in [5, 5.41) is 8.33.